The summed E-state index contributed by atoms with van der Waals surface area (Å²) in [6, 6.07) is 5.33. The van der Waals surface area contributed by atoms with Crippen molar-refractivity contribution >= 4 is 0 Å². The van der Waals surface area contributed by atoms with Gasteiger partial charge in [-0.3, -0.25) is 4.90 Å². The third kappa shape index (κ3) is 3.00. The molecule has 1 aromatic rings. The molecule has 21 heavy (non-hydrogen) atoms. The molecule has 0 spiro atoms. The van der Waals surface area contributed by atoms with Gasteiger partial charge in [0.15, 0.2) is 11.5 Å². The second kappa shape index (κ2) is 6.22. The molecule has 0 saturated heterocycles. The van der Waals surface area contributed by atoms with Crippen LogP contribution in [0.5, 0.6) is 11.5 Å². The third-order valence-corrected chi connectivity index (χ3v) is 3.93. The highest BCUT2D eigenvalue weighted by atomic mass is 16.5. The molecule has 0 bridgehead atoms. The molecule has 1 aromatic carbocycles. The molecule has 0 aromatic heterocycles. The molecule has 5 nitrogen and oxygen atoms in total. The molecule has 0 amide bonds. The summed E-state index contributed by atoms with van der Waals surface area (Å²) in [6.07, 6.45) is -0.694. The number of rotatable bonds is 5. The Morgan fingerprint density at radius 3 is 2.71 bits per heavy atom. The molecule has 0 radical (unpaired) electrons. The highest BCUT2D eigenvalue weighted by Gasteiger charge is 2.46. The molecular weight excluding hydrogens is 270 g/mol. The molecule has 2 rings (SSSR count). The number of likely N-dealkylation sites (N-methyl/N-ethyl adjacent to an activating group) is 1. The maximum Gasteiger partial charge on any atom is 0.167 e. The number of nitrogens with zero attached hydrogens (tertiary/aromatic N) is 1. The first-order chi connectivity index (χ1) is 9.92. The smallest absolute Gasteiger partial charge is 0.167 e. The van der Waals surface area contributed by atoms with Crippen molar-refractivity contribution in [1.82, 2.24) is 4.90 Å². The van der Waals surface area contributed by atoms with Crippen LogP contribution in [0.4, 0.5) is 0 Å². The fourth-order valence-corrected chi connectivity index (χ4v) is 3.09. The molecule has 1 aliphatic heterocycles. The van der Waals surface area contributed by atoms with Gasteiger partial charge in [0.05, 0.1) is 19.3 Å². The number of hydrogen-bond acceptors (Lipinski definition) is 5. The lowest BCUT2D eigenvalue weighted by molar-refractivity contribution is -0.0785. The second-order valence-electron chi connectivity index (χ2n) is 5.91. The fraction of sp³-hybridized carbons (Fsp3) is 0.625. The van der Waals surface area contributed by atoms with E-state index in [1.807, 2.05) is 50.9 Å². The van der Waals surface area contributed by atoms with Crippen molar-refractivity contribution in [3.63, 3.8) is 0 Å². The molecule has 5 heteroatoms. The molecule has 118 valence electrons. The topological polar surface area (TPSA) is 62.2 Å². The largest absolute Gasteiger partial charge is 0.490 e. The Morgan fingerprint density at radius 2 is 2.10 bits per heavy atom. The van der Waals surface area contributed by atoms with E-state index in [1.54, 1.807) is 0 Å². The Morgan fingerprint density at radius 1 is 1.38 bits per heavy atom. The Balaban J connectivity index is 2.42. The van der Waals surface area contributed by atoms with Crippen molar-refractivity contribution in [3.8, 4) is 11.5 Å². The van der Waals surface area contributed by atoms with Crippen LogP contribution in [0.3, 0.4) is 0 Å². The van der Waals surface area contributed by atoms with Gasteiger partial charge in [-0.15, -0.1) is 0 Å². The lowest BCUT2D eigenvalue weighted by Gasteiger charge is -2.47. The van der Waals surface area contributed by atoms with Crippen LogP contribution in [-0.2, 0) is 0 Å². The van der Waals surface area contributed by atoms with E-state index in [1.165, 1.54) is 0 Å². The van der Waals surface area contributed by atoms with Crippen molar-refractivity contribution in [2.75, 3.05) is 26.8 Å². The minimum absolute atomic E-state index is 0.0433. The third-order valence-electron chi connectivity index (χ3n) is 3.93. The monoisotopic (exact) mass is 295 g/mol. The zero-order valence-electron chi connectivity index (χ0n) is 13.2. The van der Waals surface area contributed by atoms with Gasteiger partial charge >= 0.3 is 0 Å². The van der Waals surface area contributed by atoms with Gasteiger partial charge in [-0.1, -0.05) is 12.1 Å². The predicted octanol–water partition coefficient (Wildman–Crippen LogP) is 1.58. The van der Waals surface area contributed by atoms with Crippen molar-refractivity contribution in [2.45, 2.75) is 38.5 Å². The zero-order chi connectivity index (χ0) is 15.6. The number of aliphatic hydroxyl groups excluding tert-OH is 2. The van der Waals surface area contributed by atoms with Crippen LogP contribution in [0.25, 0.3) is 0 Å². The van der Waals surface area contributed by atoms with Gasteiger partial charge in [-0.05, 0) is 33.9 Å². The van der Waals surface area contributed by atoms with Gasteiger partial charge in [0.1, 0.15) is 11.7 Å². The molecule has 0 aliphatic carbocycles. The zero-order valence-corrected chi connectivity index (χ0v) is 13.2. The molecule has 2 atom stereocenters. The first-order valence-corrected chi connectivity index (χ1v) is 7.36. The lowest BCUT2D eigenvalue weighted by Crippen LogP contribution is -2.57. The maximum atomic E-state index is 10.8. The summed E-state index contributed by atoms with van der Waals surface area (Å²) in [6.45, 7) is 6.88. The highest BCUT2D eigenvalue weighted by molar-refractivity contribution is 5.50. The molecule has 2 unspecified atom stereocenters. The van der Waals surface area contributed by atoms with E-state index in [9.17, 15) is 5.11 Å². The first-order valence-electron chi connectivity index (χ1n) is 7.36. The van der Waals surface area contributed by atoms with Crippen LogP contribution in [0.2, 0.25) is 0 Å². The minimum atomic E-state index is -0.694. The van der Waals surface area contributed by atoms with Gasteiger partial charge in [0.25, 0.3) is 0 Å². The number of aliphatic hydroxyl groups is 2. The molecule has 2 N–H and O–H groups in total. The molecule has 1 aliphatic rings. The van der Waals surface area contributed by atoms with Gasteiger partial charge in [-0.25, -0.2) is 0 Å². The second-order valence-corrected chi connectivity index (χ2v) is 5.91. The number of fused-ring (bicyclic) bond motifs is 1. The van der Waals surface area contributed by atoms with Crippen LogP contribution < -0.4 is 9.47 Å². The number of benzene rings is 1. The molecular formula is C16H25NO4. The van der Waals surface area contributed by atoms with E-state index in [4.69, 9.17) is 14.6 Å². The van der Waals surface area contributed by atoms with Crippen LogP contribution in [0.15, 0.2) is 18.2 Å². The van der Waals surface area contributed by atoms with Crippen LogP contribution >= 0.6 is 0 Å². The number of hydrogen-bond donors (Lipinski definition) is 2. The highest BCUT2D eigenvalue weighted by Crippen LogP contribution is 2.46. The Bertz CT molecular complexity index is 489. The Kier molecular flexibility index (Phi) is 4.76. The lowest BCUT2D eigenvalue weighted by atomic mass is 9.85. The summed E-state index contributed by atoms with van der Waals surface area (Å²) in [7, 11) is 1.88. The fourth-order valence-electron chi connectivity index (χ4n) is 3.09. The summed E-state index contributed by atoms with van der Waals surface area (Å²) in [5, 5.41) is 19.9. The Labute approximate surface area is 126 Å². The number of ether oxygens (including phenoxy) is 2. The van der Waals surface area contributed by atoms with E-state index in [2.05, 4.69) is 0 Å². The maximum absolute atomic E-state index is 10.8. The summed E-state index contributed by atoms with van der Waals surface area (Å²) in [4.78, 5) is 1.93. The summed E-state index contributed by atoms with van der Waals surface area (Å²) in [5.41, 5.74) is 0.138. The van der Waals surface area contributed by atoms with Crippen LogP contribution in [-0.4, -0.2) is 53.6 Å². The van der Waals surface area contributed by atoms with E-state index in [-0.39, 0.29) is 12.6 Å². The van der Waals surface area contributed by atoms with E-state index < -0.39 is 11.7 Å². The van der Waals surface area contributed by atoms with Crippen molar-refractivity contribution in [2.24, 2.45) is 0 Å². The molecule has 0 fully saturated rings. The van der Waals surface area contributed by atoms with Crippen molar-refractivity contribution in [1.29, 1.82) is 0 Å². The summed E-state index contributed by atoms with van der Waals surface area (Å²) in [5.74, 6) is 1.27. The number of para-hydroxylation sites is 1. The van der Waals surface area contributed by atoms with Crippen molar-refractivity contribution < 1.29 is 19.7 Å². The predicted molar refractivity (Wildman–Crippen MR) is 80.8 cm³/mol. The van der Waals surface area contributed by atoms with Gasteiger partial charge < -0.3 is 19.7 Å². The molecule has 1 heterocycles. The van der Waals surface area contributed by atoms with Crippen molar-refractivity contribution in [3.05, 3.63) is 23.8 Å². The first kappa shape index (κ1) is 16.1. The normalized spacial score (nSPS) is 23.6. The van der Waals surface area contributed by atoms with E-state index in [0.29, 0.717) is 24.7 Å². The van der Waals surface area contributed by atoms with Gasteiger partial charge in [0.2, 0.25) is 0 Å². The van der Waals surface area contributed by atoms with Crippen LogP contribution in [0, 0.1) is 0 Å². The van der Waals surface area contributed by atoms with Crippen LogP contribution in [0.1, 0.15) is 32.4 Å². The standard InChI is InChI=1S/C16H25NO4/c1-5-20-12-8-6-7-11-13(19)15(17(4)9-10-18)16(2,3)21-14(11)12/h6-8,13,15,18-19H,5,9-10H2,1-4H3. The average Bonchev–Trinajstić information content (AvgIpc) is 2.39. The summed E-state index contributed by atoms with van der Waals surface area (Å²) >= 11 is 0. The van der Waals surface area contributed by atoms with Gasteiger partial charge in [0, 0.05) is 12.1 Å². The average molecular weight is 295 g/mol. The van der Waals surface area contributed by atoms with Gasteiger partial charge in [-0.2, -0.15) is 0 Å². The van der Waals surface area contributed by atoms with E-state index in [0.717, 1.165) is 5.56 Å². The Hall–Kier alpha value is -1.30. The quantitative estimate of drug-likeness (QED) is 0.863. The summed E-state index contributed by atoms with van der Waals surface area (Å²) < 4.78 is 11.7. The van der Waals surface area contributed by atoms with E-state index >= 15 is 0 Å². The minimum Gasteiger partial charge on any atom is -0.490 e. The molecule has 0 saturated carbocycles. The SMILES string of the molecule is CCOc1cccc2c1OC(C)(C)C(N(C)CCO)C2O.